The van der Waals surface area contributed by atoms with Gasteiger partial charge >= 0.3 is 0 Å². The summed E-state index contributed by atoms with van der Waals surface area (Å²) in [5, 5.41) is 10.2. The van der Waals surface area contributed by atoms with Crippen LogP contribution in [-0.2, 0) is 0 Å². The van der Waals surface area contributed by atoms with Crippen LogP contribution in [0.1, 0.15) is 0 Å². The number of anilines is 6. The third-order valence-electron chi connectivity index (χ3n) is 4.58. The SMILES string of the molecule is c1ccc(Nc2ccc3c(c2)Oc2cc(Nc4ccccc4)ccc2N3)cc1. The quantitative estimate of drug-likeness (QED) is 0.320. The first kappa shape index (κ1) is 16.3. The van der Waals surface area contributed by atoms with Crippen molar-refractivity contribution in [2.75, 3.05) is 16.0 Å². The van der Waals surface area contributed by atoms with Crippen molar-refractivity contribution in [1.82, 2.24) is 0 Å². The van der Waals surface area contributed by atoms with Gasteiger partial charge in [-0.1, -0.05) is 36.4 Å². The molecule has 1 aliphatic rings. The van der Waals surface area contributed by atoms with Gasteiger partial charge in [-0.2, -0.15) is 0 Å². The molecule has 4 aromatic carbocycles. The number of hydrogen-bond acceptors (Lipinski definition) is 4. The minimum atomic E-state index is 0.797. The molecule has 0 aliphatic carbocycles. The van der Waals surface area contributed by atoms with Crippen LogP contribution >= 0.6 is 0 Å². The summed E-state index contributed by atoms with van der Waals surface area (Å²) < 4.78 is 6.19. The number of benzene rings is 4. The molecule has 3 N–H and O–H groups in total. The molecule has 0 saturated heterocycles. The zero-order valence-corrected chi connectivity index (χ0v) is 15.1. The van der Waals surface area contributed by atoms with E-state index in [2.05, 4.69) is 16.0 Å². The lowest BCUT2D eigenvalue weighted by atomic mass is 10.1. The first-order chi connectivity index (χ1) is 13.8. The zero-order chi connectivity index (χ0) is 18.8. The number of ether oxygens (including phenoxy) is 1. The van der Waals surface area contributed by atoms with E-state index in [4.69, 9.17) is 4.74 Å². The van der Waals surface area contributed by atoms with Gasteiger partial charge in [0.25, 0.3) is 0 Å². The number of fused-ring (bicyclic) bond motifs is 2. The van der Waals surface area contributed by atoms with Crippen molar-refractivity contribution in [2.45, 2.75) is 0 Å². The van der Waals surface area contributed by atoms with Gasteiger partial charge in [0.05, 0.1) is 11.4 Å². The summed E-state index contributed by atoms with van der Waals surface area (Å²) in [5.41, 5.74) is 5.95. The van der Waals surface area contributed by atoms with Crippen LogP contribution in [0.25, 0.3) is 0 Å². The molecule has 0 atom stereocenters. The molecule has 0 spiro atoms. The van der Waals surface area contributed by atoms with E-state index in [1.54, 1.807) is 0 Å². The number of para-hydroxylation sites is 2. The molecule has 0 fully saturated rings. The Kier molecular flexibility index (Phi) is 4.07. The van der Waals surface area contributed by atoms with Gasteiger partial charge in [-0.05, 0) is 48.5 Å². The van der Waals surface area contributed by atoms with Crippen molar-refractivity contribution < 1.29 is 4.74 Å². The molecule has 0 unspecified atom stereocenters. The molecular formula is C24H19N3O. The monoisotopic (exact) mass is 365 g/mol. The molecule has 136 valence electrons. The van der Waals surface area contributed by atoms with Crippen molar-refractivity contribution in [3.8, 4) is 11.5 Å². The molecule has 0 saturated carbocycles. The molecule has 0 radical (unpaired) electrons. The van der Waals surface area contributed by atoms with E-state index in [1.165, 1.54) is 0 Å². The highest BCUT2D eigenvalue weighted by Gasteiger charge is 2.17. The van der Waals surface area contributed by atoms with Crippen molar-refractivity contribution >= 4 is 34.1 Å². The third-order valence-corrected chi connectivity index (χ3v) is 4.58. The van der Waals surface area contributed by atoms with Crippen LogP contribution in [0.3, 0.4) is 0 Å². The first-order valence-corrected chi connectivity index (χ1v) is 9.21. The second kappa shape index (κ2) is 7.00. The van der Waals surface area contributed by atoms with Gasteiger partial charge in [-0.25, -0.2) is 0 Å². The molecule has 28 heavy (non-hydrogen) atoms. The maximum atomic E-state index is 6.19. The number of hydrogen-bond donors (Lipinski definition) is 3. The maximum absolute atomic E-state index is 6.19. The molecule has 4 nitrogen and oxygen atoms in total. The summed E-state index contributed by atoms with van der Waals surface area (Å²) in [6, 6.07) is 32.3. The van der Waals surface area contributed by atoms with Crippen LogP contribution in [0.2, 0.25) is 0 Å². The highest BCUT2D eigenvalue weighted by atomic mass is 16.5. The second-order valence-corrected chi connectivity index (χ2v) is 6.63. The molecule has 1 heterocycles. The van der Waals surface area contributed by atoms with E-state index in [0.717, 1.165) is 45.6 Å². The lowest BCUT2D eigenvalue weighted by molar-refractivity contribution is 0.481. The predicted molar refractivity (Wildman–Crippen MR) is 116 cm³/mol. The van der Waals surface area contributed by atoms with E-state index in [-0.39, 0.29) is 0 Å². The van der Waals surface area contributed by atoms with E-state index in [0.29, 0.717) is 0 Å². The van der Waals surface area contributed by atoms with E-state index < -0.39 is 0 Å². The van der Waals surface area contributed by atoms with Crippen LogP contribution in [0.4, 0.5) is 34.1 Å². The molecule has 5 rings (SSSR count). The summed E-state index contributed by atoms with van der Waals surface area (Å²) in [5.74, 6) is 1.59. The fourth-order valence-electron chi connectivity index (χ4n) is 3.22. The van der Waals surface area contributed by atoms with Gasteiger partial charge in [0, 0.05) is 34.9 Å². The second-order valence-electron chi connectivity index (χ2n) is 6.63. The number of nitrogens with one attached hydrogen (secondary N) is 3. The lowest BCUT2D eigenvalue weighted by Gasteiger charge is -2.23. The molecule has 4 aromatic rings. The normalized spacial score (nSPS) is 11.4. The Morgan fingerprint density at radius 1 is 0.500 bits per heavy atom. The van der Waals surface area contributed by atoms with Crippen molar-refractivity contribution in [2.24, 2.45) is 0 Å². The molecule has 4 heteroatoms. The molecule has 1 aliphatic heterocycles. The van der Waals surface area contributed by atoms with E-state index in [9.17, 15) is 0 Å². The van der Waals surface area contributed by atoms with Crippen LogP contribution in [0, 0.1) is 0 Å². The average Bonchev–Trinajstić information content (AvgIpc) is 2.74. The molecular weight excluding hydrogens is 346 g/mol. The summed E-state index contributed by atoms with van der Waals surface area (Å²) in [4.78, 5) is 0. The maximum Gasteiger partial charge on any atom is 0.153 e. The Morgan fingerprint density at radius 3 is 1.43 bits per heavy atom. The summed E-state index contributed by atoms with van der Waals surface area (Å²) >= 11 is 0. The Labute approximate surface area is 163 Å². The standard InChI is InChI=1S/C24H19N3O/c1-3-7-17(8-4-1)25-19-11-13-21-23(15-19)28-24-16-20(12-14-22(24)27-21)26-18-9-5-2-6-10-18/h1-16,25-27H. The fourth-order valence-corrected chi connectivity index (χ4v) is 3.22. The minimum absolute atomic E-state index is 0.797. The van der Waals surface area contributed by atoms with Crippen molar-refractivity contribution in [3.05, 3.63) is 97.1 Å². The van der Waals surface area contributed by atoms with E-state index in [1.807, 2.05) is 97.1 Å². The van der Waals surface area contributed by atoms with Gasteiger partial charge in [0.15, 0.2) is 11.5 Å². The predicted octanol–water partition coefficient (Wildman–Crippen LogP) is 7.02. The highest BCUT2D eigenvalue weighted by Crippen LogP contribution is 2.44. The topological polar surface area (TPSA) is 45.3 Å². The Balaban J connectivity index is 1.39. The highest BCUT2D eigenvalue weighted by molar-refractivity contribution is 5.80. The van der Waals surface area contributed by atoms with E-state index >= 15 is 0 Å². The number of rotatable bonds is 4. The molecule has 0 aromatic heterocycles. The third kappa shape index (κ3) is 3.35. The minimum Gasteiger partial charge on any atom is -0.453 e. The lowest BCUT2D eigenvalue weighted by Crippen LogP contribution is -2.04. The summed E-state index contributed by atoms with van der Waals surface area (Å²) in [7, 11) is 0. The van der Waals surface area contributed by atoms with Crippen LogP contribution in [-0.4, -0.2) is 0 Å². The van der Waals surface area contributed by atoms with Crippen LogP contribution in [0.5, 0.6) is 11.5 Å². The van der Waals surface area contributed by atoms with Gasteiger partial charge in [0.1, 0.15) is 0 Å². The summed E-state index contributed by atoms with van der Waals surface area (Å²) in [6.45, 7) is 0. The largest absolute Gasteiger partial charge is 0.453 e. The Morgan fingerprint density at radius 2 is 0.964 bits per heavy atom. The zero-order valence-electron chi connectivity index (χ0n) is 15.1. The smallest absolute Gasteiger partial charge is 0.153 e. The Bertz CT molecular complexity index is 1020. The van der Waals surface area contributed by atoms with Crippen molar-refractivity contribution in [1.29, 1.82) is 0 Å². The van der Waals surface area contributed by atoms with Gasteiger partial charge < -0.3 is 20.7 Å². The Hall–Kier alpha value is -3.92. The van der Waals surface area contributed by atoms with Gasteiger partial charge in [-0.15, -0.1) is 0 Å². The van der Waals surface area contributed by atoms with Crippen LogP contribution in [0.15, 0.2) is 97.1 Å². The van der Waals surface area contributed by atoms with Crippen LogP contribution < -0.4 is 20.7 Å². The molecule has 0 bridgehead atoms. The average molecular weight is 365 g/mol. The van der Waals surface area contributed by atoms with Crippen molar-refractivity contribution in [3.63, 3.8) is 0 Å². The van der Waals surface area contributed by atoms with Gasteiger partial charge in [-0.3, -0.25) is 0 Å². The van der Waals surface area contributed by atoms with Gasteiger partial charge in [0.2, 0.25) is 0 Å². The molecule has 0 amide bonds. The summed E-state index contributed by atoms with van der Waals surface area (Å²) in [6.07, 6.45) is 0. The fraction of sp³-hybridized carbons (Fsp3) is 0. The first-order valence-electron chi connectivity index (χ1n) is 9.21.